The Morgan fingerprint density at radius 2 is 1.74 bits per heavy atom. The normalized spacial score (nSPS) is 20.5. The highest BCUT2D eigenvalue weighted by Gasteiger charge is 2.44. The van der Waals surface area contributed by atoms with E-state index in [1.54, 1.807) is 12.3 Å². The highest BCUT2D eigenvalue weighted by atomic mass is 35.5. The zero-order chi connectivity index (χ0) is 27.8. The summed E-state index contributed by atoms with van der Waals surface area (Å²) in [5.74, 6) is 0.136. The van der Waals surface area contributed by atoms with Crippen LogP contribution in [0.25, 0.3) is 0 Å². The summed E-state index contributed by atoms with van der Waals surface area (Å²) in [4.78, 5) is 31.0. The third-order valence-corrected chi connectivity index (χ3v) is 9.79. The van der Waals surface area contributed by atoms with Gasteiger partial charge in [0.15, 0.2) is 5.82 Å². The van der Waals surface area contributed by atoms with Gasteiger partial charge in [-0.25, -0.2) is 13.2 Å². The van der Waals surface area contributed by atoms with Crippen LogP contribution in [-0.2, 0) is 21.4 Å². The molecule has 4 heterocycles. The van der Waals surface area contributed by atoms with Crippen LogP contribution >= 0.6 is 11.6 Å². The molecule has 13 heteroatoms. The molecule has 1 spiro atoms. The summed E-state index contributed by atoms with van der Waals surface area (Å²) in [6.07, 6.45) is 6.82. The second-order valence-corrected chi connectivity index (χ2v) is 13.2. The molecule has 1 aromatic carbocycles. The summed E-state index contributed by atoms with van der Waals surface area (Å²) in [6.45, 7) is 6.65. The Hall–Kier alpha value is -2.67. The first kappa shape index (κ1) is 27.9. The Bertz CT molecular complexity index is 1330. The van der Waals surface area contributed by atoms with Gasteiger partial charge >= 0.3 is 6.03 Å². The molecule has 3 aliphatic rings. The maximum atomic E-state index is 13.1. The fraction of sp³-hybridized carbons (Fsp3) is 0.577. The van der Waals surface area contributed by atoms with Crippen molar-refractivity contribution in [2.24, 2.45) is 0 Å². The van der Waals surface area contributed by atoms with Crippen LogP contribution in [-0.4, -0.2) is 102 Å². The number of sulfonamides is 1. The van der Waals surface area contributed by atoms with Crippen LogP contribution in [0.2, 0.25) is 5.02 Å². The van der Waals surface area contributed by atoms with E-state index in [1.807, 2.05) is 17.0 Å². The van der Waals surface area contributed by atoms with Crippen molar-refractivity contribution in [1.29, 1.82) is 0 Å². The van der Waals surface area contributed by atoms with Crippen LogP contribution in [0, 0.1) is 0 Å². The largest absolute Gasteiger partial charge is 0.369 e. The average Bonchev–Trinajstić information content (AvgIpc) is 3.51. The third kappa shape index (κ3) is 6.08. The summed E-state index contributed by atoms with van der Waals surface area (Å²) in [7, 11) is -3.20. The smallest absolute Gasteiger partial charge is 0.344 e. The molecule has 0 atom stereocenters. The van der Waals surface area contributed by atoms with E-state index in [-0.39, 0.29) is 17.5 Å². The number of anilines is 2. The molecule has 0 saturated carbocycles. The van der Waals surface area contributed by atoms with Crippen molar-refractivity contribution < 1.29 is 18.0 Å². The molecule has 11 nitrogen and oxygen atoms in total. The molecule has 3 saturated heterocycles. The topological polar surface area (TPSA) is 111 Å². The molecule has 0 aliphatic carbocycles. The van der Waals surface area contributed by atoms with E-state index in [9.17, 15) is 18.0 Å². The summed E-state index contributed by atoms with van der Waals surface area (Å²) >= 11 is 6.41. The van der Waals surface area contributed by atoms with Gasteiger partial charge in [0, 0.05) is 81.2 Å². The Kier molecular flexibility index (Phi) is 7.91. The predicted molar refractivity (Wildman–Crippen MR) is 151 cm³/mol. The van der Waals surface area contributed by atoms with Gasteiger partial charge in [-0.05, 0) is 49.9 Å². The van der Waals surface area contributed by atoms with Crippen LogP contribution in [0.4, 0.5) is 16.3 Å². The molecular formula is C26H36ClN7O4S. The molecular weight excluding hydrogens is 542 g/mol. The third-order valence-electron chi connectivity index (χ3n) is 8.25. The minimum atomic E-state index is -3.20. The van der Waals surface area contributed by atoms with E-state index in [4.69, 9.17) is 11.6 Å². The molecule has 3 fully saturated rings. The van der Waals surface area contributed by atoms with Crippen molar-refractivity contribution in [3.63, 3.8) is 0 Å². The number of nitrogens with one attached hydrogen (secondary N) is 1. The number of aromatic nitrogens is 2. The van der Waals surface area contributed by atoms with Gasteiger partial charge in [-0.2, -0.15) is 8.99 Å². The van der Waals surface area contributed by atoms with E-state index in [1.165, 1.54) is 27.7 Å². The Labute approximate surface area is 234 Å². The highest BCUT2D eigenvalue weighted by Crippen LogP contribution is 2.41. The van der Waals surface area contributed by atoms with Gasteiger partial charge in [0.1, 0.15) is 0 Å². The number of hydrogen-bond donors (Lipinski definition) is 1. The van der Waals surface area contributed by atoms with Gasteiger partial charge in [0.2, 0.25) is 15.9 Å². The highest BCUT2D eigenvalue weighted by molar-refractivity contribution is 7.88. The van der Waals surface area contributed by atoms with Crippen LogP contribution < -0.4 is 10.2 Å². The number of amides is 2. The number of hydrogen-bond acceptors (Lipinski definition) is 7. The van der Waals surface area contributed by atoms with E-state index >= 15 is 0 Å². The molecule has 39 heavy (non-hydrogen) atoms. The van der Waals surface area contributed by atoms with Gasteiger partial charge in [0.25, 0.3) is 0 Å². The van der Waals surface area contributed by atoms with Crippen molar-refractivity contribution in [3.8, 4) is 0 Å². The average molecular weight is 578 g/mol. The second kappa shape index (κ2) is 11.1. The lowest BCUT2D eigenvalue weighted by molar-refractivity contribution is -0.114. The Morgan fingerprint density at radius 1 is 1.03 bits per heavy atom. The number of carbonyl (C=O) groups excluding carboxylic acids is 2. The molecule has 2 amide bonds. The number of nitrogens with zero attached hydrogens (tertiary/aromatic N) is 6. The van der Waals surface area contributed by atoms with Crippen molar-refractivity contribution in [2.45, 2.75) is 44.7 Å². The van der Waals surface area contributed by atoms with Gasteiger partial charge in [0.05, 0.1) is 6.26 Å². The summed E-state index contributed by atoms with van der Waals surface area (Å²) in [6, 6.07) is 7.45. The maximum Gasteiger partial charge on any atom is 0.344 e. The van der Waals surface area contributed by atoms with E-state index in [2.05, 4.69) is 26.3 Å². The van der Waals surface area contributed by atoms with E-state index in [0.29, 0.717) is 50.1 Å². The molecule has 0 bridgehead atoms. The lowest BCUT2D eigenvalue weighted by atomic mass is 9.84. The molecule has 0 unspecified atom stereocenters. The number of carbonyl (C=O) groups is 2. The van der Waals surface area contributed by atoms with E-state index < -0.39 is 10.0 Å². The van der Waals surface area contributed by atoms with Crippen LogP contribution in [0.3, 0.4) is 0 Å². The molecule has 1 aromatic heterocycles. The first-order valence-corrected chi connectivity index (χ1v) is 15.6. The van der Waals surface area contributed by atoms with Gasteiger partial charge in [-0.15, -0.1) is 5.10 Å². The molecule has 212 valence electrons. The lowest BCUT2D eigenvalue weighted by Crippen LogP contribution is -2.53. The van der Waals surface area contributed by atoms with Crippen molar-refractivity contribution in [3.05, 3.63) is 41.0 Å². The number of piperidine rings is 1. The number of halogens is 1. The monoisotopic (exact) mass is 577 g/mol. The molecule has 0 radical (unpaired) electrons. The minimum absolute atomic E-state index is 0.0358. The van der Waals surface area contributed by atoms with Crippen molar-refractivity contribution >= 4 is 45.1 Å². The van der Waals surface area contributed by atoms with Crippen LogP contribution in [0.1, 0.15) is 38.2 Å². The van der Waals surface area contributed by atoms with Crippen LogP contribution in [0.5, 0.6) is 0 Å². The first-order valence-electron chi connectivity index (χ1n) is 13.4. The molecule has 3 aliphatic heterocycles. The standard InChI is InChI=1S/C26H36ClN7O4S/c1-20(35)28-24-6-11-34(29-24)25(36)31-12-8-26(9-13-31)7-3-10-32(26)19-21-4-5-22(27)18-23(21)30-14-16-33(17-15-30)39(2,37)38/h4-6,11,18H,3,7-10,12-17,19H2,1-2H3,(H,28,29,35). The lowest BCUT2D eigenvalue weighted by Gasteiger charge is -2.45. The number of rotatable bonds is 5. The van der Waals surface area contributed by atoms with Crippen molar-refractivity contribution in [2.75, 3.05) is 62.3 Å². The fourth-order valence-corrected chi connectivity index (χ4v) is 7.17. The minimum Gasteiger partial charge on any atom is -0.369 e. The fourth-order valence-electron chi connectivity index (χ4n) is 6.18. The Morgan fingerprint density at radius 3 is 2.41 bits per heavy atom. The zero-order valence-corrected chi connectivity index (χ0v) is 24.0. The number of likely N-dealkylation sites (tertiary alicyclic amines) is 2. The van der Waals surface area contributed by atoms with Gasteiger partial charge in [-0.1, -0.05) is 17.7 Å². The Balaban J connectivity index is 1.25. The van der Waals surface area contributed by atoms with Crippen LogP contribution in [0.15, 0.2) is 30.5 Å². The molecule has 1 N–H and O–H groups in total. The SMILES string of the molecule is CC(=O)Nc1ccn(C(=O)N2CCC3(CCCN3Cc3ccc(Cl)cc3N3CCN(S(C)(=O)=O)CC3)CC2)n1. The number of benzene rings is 1. The zero-order valence-electron chi connectivity index (χ0n) is 22.5. The van der Waals surface area contributed by atoms with Gasteiger partial charge in [-0.3, -0.25) is 9.69 Å². The molecule has 2 aromatic rings. The summed E-state index contributed by atoms with van der Waals surface area (Å²) in [5, 5.41) is 7.47. The van der Waals surface area contributed by atoms with Gasteiger partial charge < -0.3 is 15.1 Å². The second-order valence-electron chi connectivity index (χ2n) is 10.8. The number of piperazine rings is 1. The summed E-state index contributed by atoms with van der Waals surface area (Å²) < 4.78 is 26.8. The predicted octanol–water partition coefficient (Wildman–Crippen LogP) is 2.68. The van der Waals surface area contributed by atoms with E-state index in [0.717, 1.165) is 44.5 Å². The van der Waals surface area contributed by atoms with Crippen molar-refractivity contribution in [1.82, 2.24) is 23.9 Å². The first-order chi connectivity index (χ1) is 18.5. The quantitative estimate of drug-likeness (QED) is 0.581. The molecule has 5 rings (SSSR count). The maximum absolute atomic E-state index is 13.1. The summed E-state index contributed by atoms with van der Waals surface area (Å²) in [5.41, 5.74) is 2.29.